The molecule has 0 atom stereocenters. The van der Waals surface area contributed by atoms with E-state index in [9.17, 15) is 9.59 Å². The number of nitrogens with one attached hydrogen (secondary N) is 1. The van der Waals surface area contributed by atoms with Gasteiger partial charge in [-0.1, -0.05) is 0 Å². The first-order valence-corrected chi connectivity index (χ1v) is 4.97. The van der Waals surface area contributed by atoms with Gasteiger partial charge < -0.3 is 15.5 Å². The number of carbonyl (C=O) groups is 2. The van der Waals surface area contributed by atoms with Crippen LogP contribution in [0.2, 0.25) is 0 Å². The zero-order chi connectivity index (χ0) is 11.7. The van der Waals surface area contributed by atoms with Gasteiger partial charge in [0.2, 0.25) is 0 Å². The van der Waals surface area contributed by atoms with Gasteiger partial charge in [0.1, 0.15) is 0 Å². The van der Waals surface area contributed by atoms with Crippen LogP contribution in [0.4, 0.5) is 5.69 Å². The maximum atomic E-state index is 11.0. The monoisotopic (exact) mass is 221 g/mol. The topological polar surface area (TPSA) is 86.6 Å². The van der Waals surface area contributed by atoms with Crippen molar-refractivity contribution in [2.45, 2.75) is 12.8 Å². The lowest BCUT2D eigenvalue weighted by Crippen LogP contribution is -2.17. The summed E-state index contributed by atoms with van der Waals surface area (Å²) in [7, 11) is 0. The Balaban J connectivity index is 2.61. The van der Waals surface area contributed by atoms with Crippen LogP contribution in [0.5, 0.6) is 0 Å². The van der Waals surface area contributed by atoms with E-state index in [2.05, 4.69) is 5.32 Å². The second-order valence-electron chi connectivity index (χ2n) is 3.70. The smallest absolute Gasteiger partial charge is 0.337 e. The minimum Gasteiger partial charge on any atom is -0.478 e. The van der Waals surface area contributed by atoms with Crippen LogP contribution in [0.15, 0.2) is 12.1 Å². The summed E-state index contributed by atoms with van der Waals surface area (Å²) in [5.41, 5.74) is 1.39. The number of anilines is 1. The predicted molar refractivity (Wildman–Crippen MR) is 57.2 cm³/mol. The number of aromatic carboxylic acids is 2. The molecule has 0 radical (unpaired) electrons. The molecule has 84 valence electrons. The van der Waals surface area contributed by atoms with Gasteiger partial charge in [-0.2, -0.15) is 0 Å². The molecule has 0 aromatic heterocycles. The number of hydrogen-bond donors (Lipinski definition) is 3. The number of rotatable bonds is 2. The summed E-state index contributed by atoms with van der Waals surface area (Å²) in [6, 6.07) is 2.73. The molecule has 1 aliphatic rings. The fourth-order valence-electron chi connectivity index (χ4n) is 1.89. The molecule has 16 heavy (non-hydrogen) atoms. The van der Waals surface area contributed by atoms with Gasteiger partial charge in [0.25, 0.3) is 0 Å². The van der Waals surface area contributed by atoms with Crippen molar-refractivity contribution in [2.75, 3.05) is 11.9 Å². The van der Waals surface area contributed by atoms with Crippen molar-refractivity contribution in [2.24, 2.45) is 0 Å². The molecule has 0 saturated heterocycles. The molecule has 3 N–H and O–H groups in total. The molecule has 0 spiro atoms. The molecular formula is C11H11NO4. The summed E-state index contributed by atoms with van der Waals surface area (Å²) in [6.07, 6.45) is 1.60. The fourth-order valence-corrected chi connectivity index (χ4v) is 1.89. The first kappa shape index (κ1) is 10.5. The lowest BCUT2D eigenvalue weighted by Gasteiger charge is -2.20. The SMILES string of the molecule is O=C(O)c1cc2c(c(C(=O)O)c1)NCCC2. The summed E-state index contributed by atoms with van der Waals surface area (Å²) in [5.74, 6) is -2.20. The van der Waals surface area contributed by atoms with Gasteiger partial charge >= 0.3 is 11.9 Å². The molecule has 0 fully saturated rings. The lowest BCUT2D eigenvalue weighted by atomic mass is 9.96. The number of hydrogen-bond acceptors (Lipinski definition) is 3. The third-order valence-electron chi connectivity index (χ3n) is 2.62. The van der Waals surface area contributed by atoms with Crippen LogP contribution >= 0.6 is 0 Å². The van der Waals surface area contributed by atoms with Crippen molar-refractivity contribution in [1.29, 1.82) is 0 Å². The van der Waals surface area contributed by atoms with Crippen LogP contribution in [-0.2, 0) is 6.42 Å². The van der Waals surface area contributed by atoms with Crippen molar-refractivity contribution in [3.8, 4) is 0 Å². The van der Waals surface area contributed by atoms with Crippen molar-refractivity contribution in [1.82, 2.24) is 0 Å². The molecule has 5 heteroatoms. The van der Waals surface area contributed by atoms with E-state index in [1.54, 1.807) is 0 Å². The Morgan fingerprint density at radius 2 is 1.94 bits per heavy atom. The number of carboxylic acids is 2. The van der Waals surface area contributed by atoms with Gasteiger partial charge in [-0.3, -0.25) is 0 Å². The van der Waals surface area contributed by atoms with E-state index in [1.807, 2.05) is 0 Å². The van der Waals surface area contributed by atoms with Gasteiger partial charge in [0.05, 0.1) is 16.8 Å². The molecular weight excluding hydrogens is 210 g/mol. The van der Waals surface area contributed by atoms with E-state index >= 15 is 0 Å². The molecule has 1 aromatic rings. The van der Waals surface area contributed by atoms with E-state index in [0.717, 1.165) is 18.5 Å². The molecule has 0 unspecified atom stereocenters. The molecule has 2 rings (SSSR count). The highest BCUT2D eigenvalue weighted by molar-refractivity contribution is 5.99. The predicted octanol–water partition coefficient (Wildman–Crippen LogP) is 1.44. The van der Waals surface area contributed by atoms with Gasteiger partial charge in [-0.25, -0.2) is 9.59 Å². The van der Waals surface area contributed by atoms with Crippen LogP contribution in [0.25, 0.3) is 0 Å². The largest absolute Gasteiger partial charge is 0.478 e. The average molecular weight is 221 g/mol. The first-order chi connectivity index (χ1) is 7.59. The first-order valence-electron chi connectivity index (χ1n) is 4.97. The Morgan fingerprint density at radius 1 is 1.19 bits per heavy atom. The minimum atomic E-state index is -1.10. The fraction of sp³-hybridized carbons (Fsp3) is 0.273. The summed E-state index contributed by atoms with van der Waals surface area (Å²) >= 11 is 0. The summed E-state index contributed by atoms with van der Waals surface area (Å²) in [4.78, 5) is 21.9. The molecule has 0 aliphatic carbocycles. The number of benzene rings is 1. The Labute approximate surface area is 91.7 Å². The molecule has 1 aliphatic heterocycles. The zero-order valence-electron chi connectivity index (χ0n) is 8.49. The van der Waals surface area contributed by atoms with E-state index in [4.69, 9.17) is 10.2 Å². The maximum absolute atomic E-state index is 11.0. The summed E-state index contributed by atoms with van der Waals surface area (Å²) in [5, 5.41) is 20.9. The zero-order valence-corrected chi connectivity index (χ0v) is 8.49. The Hall–Kier alpha value is -2.04. The van der Waals surface area contributed by atoms with Crippen LogP contribution in [0.1, 0.15) is 32.7 Å². The molecule has 0 saturated carbocycles. The molecule has 1 aromatic carbocycles. The third-order valence-corrected chi connectivity index (χ3v) is 2.62. The highest BCUT2D eigenvalue weighted by Gasteiger charge is 2.20. The minimum absolute atomic E-state index is 0.0276. The Kier molecular flexibility index (Phi) is 2.52. The average Bonchev–Trinajstić information content (AvgIpc) is 2.27. The van der Waals surface area contributed by atoms with Crippen LogP contribution < -0.4 is 5.32 Å². The van der Waals surface area contributed by atoms with Crippen molar-refractivity contribution in [3.63, 3.8) is 0 Å². The molecule has 1 heterocycles. The van der Waals surface area contributed by atoms with Crippen molar-refractivity contribution in [3.05, 3.63) is 28.8 Å². The van der Waals surface area contributed by atoms with Gasteiger partial charge in [-0.05, 0) is 30.5 Å². The van der Waals surface area contributed by atoms with E-state index in [1.165, 1.54) is 12.1 Å². The van der Waals surface area contributed by atoms with Crippen molar-refractivity contribution >= 4 is 17.6 Å². The van der Waals surface area contributed by atoms with Crippen molar-refractivity contribution < 1.29 is 19.8 Å². The molecule has 5 nitrogen and oxygen atoms in total. The van der Waals surface area contributed by atoms with E-state index in [0.29, 0.717) is 12.1 Å². The normalized spacial score (nSPS) is 13.8. The summed E-state index contributed by atoms with van der Waals surface area (Å²) in [6.45, 7) is 0.722. The highest BCUT2D eigenvalue weighted by Crippen LogP contribution is 2.28. The van der Waals surface area contributed by atoms with E-state index < -0.39 is 11.9 Å². The van der Waals surface area contributed by atoms with E-state index in [-0.39, 0.29) is 11.1 Å². The number of aryl methyl sites for hydroxylation is 1. The summed E-state index contributed by atoms with van der Waals surface area (Å²) < 4.78 is 0. The van der Waals surface area contributed by atoms with Crippen LogP contribution in [-0.4, -0.2) is 28.7 Å². The van der Waals surface area contributed by atoms with Gasteiger partial charge in [0.15, 0.2) is 0 Å². The van der Waals surface area contributed by atoms with Crippen LogP contribution in [0.3, 0.4) is 0 Å². The van der Waals surface area contributed by atoms with Gasteiger partial charge in [-0.15, -0.1) is 0 Å². The highest BCUT2D eigenvalue weighted by atomic mass is 16.4. The maximum Gasteiger partial charge on any atom is 0.337 e. The second-order valence-corrected chi connectivity index (χ2v) is 3.70. The number of fused-ring (bicyclic) bond motifs is 1. The lowest BCUT2D eigenvalue weighted by molar-refractivity contribution is 0.0696. The Morgan fingerprint density at radius 3 is 2.56 bits per heavy atom. The molecule has 0 amide bonds. The quantitative estimate of drug-likeness (QED) is 0.703. The number of carboxylic acid groups (broad SMARTS) is 2. The van der Waals surface area contributed by atoms with Crippen LogP contribution in [0, 0.1) is 0 Å². The molecule has 0 bridgehead atoms. The Bertz CT molecular complexity index is 467. The second kappa shape index (κ2) is 3.84. The third kappa shape index (κ3) is 1.71. The standard InChI is InChI=1S/C11H11NO4/c13-10(14)7-4-6-2-1-3-12-9(6)8(5-7)11(15)16/h4-5,12H,1-3H2,(H,13,14)(H,15,16). The van der Waals surface area contributed by atoms with Gasteiger partial charge in [0, 0.05) is 6.54 Å².